The molecule has 1 aromatic heterocycles. The van der Waals surface area contributed by atoms with Crippen LogP contribution in [0.4, 0.5) is 5.69 Å². The summed E-state index contributed by atoms with van der Waals surface area (Å²) in [5, 5.41) is 4.14. The van der Waals surface area contributed by atoms with Crippen molar-refractivity contribution in [1.29, 1.82) is 0 Å². The molecule has 0 aliphatic heterocycles. The van der Waals surface area contributed by atoms with E-state index in [2.05, 4.69) is 5.32 Å². The molecule has 0 saturated carbocycles. The van der Waals surface area contributed by atoms with E-state index in [1.165, 1.54) is 6.07 Å². The van der Waals surface area contributed by atoms with Crippen molar-refractivity contribution in [2.45, 2.75) is 26.4 Å². The van der Waals surface area contributed by atoms with Crippen LogP contribution in [0.25, 0.3) is 11.0 Å². The van der Waals surface area contributed by atoms with Crippen LogP contribution in [0.3, 0.4) is 0 Å². The van der Waals surface area contributed by atoms with Crippen LogP contribution in [0, 0.1) is 0 Å². The number of carbonyl (C=O) groups excluding carboxylic acids is 1. The SMILES string of the molecule is CCc1cc(=O)oc2cc(OC(C)C(=O)Nc3cccc(Cl)c3)ccc12. The summed E-state index contributed by atoms with van der Waals surface area (Å²) in [6, 6.07) is 13.6. The van der Waals surface area contributed by atoms with Crippen molar-refractivity contribution < 1.29 is 13.9 Å². The number of benzene rings is 2. The Bertz CT molecular complexity index is 1010. The van der Waals surface area contributed by atoms with Crippen molar-refractivity contribution in [2.75, 3.05) is 5.32 Å². The highest BCUT2D eigenvalue weighted by Crippen LogP contribution is 2.24. The van der Waals surface area contributed by atoms with E-state index >= 15 is 0 Å². The zero-order valence-electron chi connectivity index (χ0n) is 14.4. The van der Waals surface area contributed by atoms with E-state index in [1.807, 2.05) is 13.0 Å². The smallest absolute Gasteiger partial charge is 0.336 e. The van der Waals surface area contributed by atoms with Crippen LogP contribution in [0.2, 0.25) is 5.02 Å². The molecule has 1 atom stereocenters. The average molecular weight is 372 g/mol. The minimum atomic E-state index is -0.743. The van der Waals surface area contributed by atoms with Gasteiger partial charge in [0.15, 0.2) is 6.10 Å². The molecule has 3 rings (SSSR count). The molecule has 1 heterocycles. The first-order valence-electron chi connectivity index (χ1n) is 8.26. The van der Waals surface area contributed by atoms with Gasteiger partial charge in [-0.15, -0.1) is 0 Å². The largest absolute Gasteiger partial charge is 0.481 e. The second kappa shape index (κ2) is 7.62. The molecule has 0 fully saturated rings. The van der Waals surface area contributed by atoms with E-state index in [0.29, 0.717) is 22.0 Å². The molecular formula is C20H18ClNO4. The van der Waals surface area contributed by atoms with Crippen molar-refractivity contribution >= 4 is 34.2 Å². The van der Waals surface area contributed by atoms with E-state index < -0.39 is 11.7 Å². The molecule has 0 bridgehead atoms. The summed E-state index contributed by atoms with van der Waals surface area (Å²) < 4.78 is 10.9. The molecule has 26 heavy (non-hydrogen) atoms. The lowest BCUT2D eigenvalue weighted by atomic mass is 10.1. The summed E-state index contributed by atoms with van der Waals surface area (Å²) in [7, 11) is 0. The monoisotopic (exact) mass is 371 g/mol. The molecule has 0 saturated heterocycles. The van der Waals surface area contributed by atoms with Gasteiger partial charge in [-0.2, -0.15) is 0 Å². The summed E-state index contributed by atoms with van der Waals surface area (Å²) in [5.74, 6) is 0.138. The highest BCUT2D eigenvalue weighted by molar-refractivity contribution is 6.30. The van der Waals surface area contributed by atoms with Crippen LogP contribution < -0.4 is 15.7 Å². The normalized spacial score (nSPS) is 12.0. The average Bonchev–Trinajstić information content (AvgIpc) is 2.60. The molecule has 0 aliphatic carbocycles. The Morgan fingerprint density at radius 1 is 1.23 bits per heavy atom. The maximum absolute atomic E-state index is 12.3. The number of ether oxygens (including phenoxy) is 1. The van der Waals surface area contributed by atoms with Crippen molar-refractivity contribution in [2.24, 2.45) is 0 Å². The van der Waals surface area contributed by atoms with Gasteiger partial charge in [0.1, 0.15) is 11.3 Å². The lowest BCUT2D eigenvalue weighted by Gasteiger charge is -2.15. The summed E-state index contributed by atoms with van der Waals surface area (Å²) in [6.07, 6.45) is -0.0201. The van der Waals surface area contributed by atoms with E-state index in [4.69, 9.17) is 20.8 Å². The minimum Gasteiger partial charge on any atom is -0.481 e. The number of halogens is 1. The van der Waals surface area contributed by atoms with Gasteiger partial charge >= 0.3 is 5.63 Å². The van der Waals surface area contributed by atoms with Crippen LogP contribution in [-0.4, -0.2) is 12.0 Å². The van der Waals surface area contributed by atoms with Crippen LogP contribution in [0.5, 0.6) is 5.75 Å². The quantitative estimate of drug-likeness (QED) is 0.674. The number of aryl methyl sites for hydroxylation is 1. The van der Waals surface area contributed by atoms with Crippen molar-refractivity contribution in [3.63, 3.8) is 0 Å². The number of anilines is 1. The molecule has 1 N–H and O–H groups in total. The number of amides is 1. The second-order valence-corrected chi connectivity index (χ2v) is 6.30. The third-order valence-electron chi connectivity index (χ3n) is 3.96. The van der Waals surface area contributed by atoms with Crippen LogP contribution >= 0.6 is 11.6 Å². The Morgan fingerprint density at radius 3 is 2.77 bits per heavy atom. The lowest BCUT2D eigenvalue weighted by molar-refractivity contribution is -0.122. The highest BCUT2D eigenvalue weighted by Gasteiger charge is 2.16. The fraction of sp³-hybridized carbons (Fsp3) is 0.200. The van der Waals surface area contributed by atoms with Gasteiger partial charge < -0.3 is 14.5 Å². The number of nitrogens with one attached hydrogen (secondary N) is 1. The van der Waals surface area contributed by atoms with Crippen LogP contribution in [0.1, 0.15) is 19.4 Å². The fourth-order valence-corrected chi connectivity index (χ4v) is 2.83. The molecule has 134 valence electrons. The van der Waals surface area contributed by atoms with Gasteiger partial charge in [0, 0.05) is 28.2 Å². The van der Waals surface area contributed by atoms with Crippen molar-refractivity contribution in [3.05, 3.63) is 69.5 Å². The number of hydrogen-bond donors (Lipinski definition) is 1. The summed E-state index contributed by atoms with van der Waals surface area (Å²) in [6.45, 7) is 3.61. The maximum Gasteiger partial charge on any atom is 0.336 e. The summed E-state index contributed by atoms with van der Waals surface area (Å²) in [4.78, 5) is 23.9. The van der Waals surface area contributed by atoms with E-state index in [-0.39, 0.29) is 5.91 Å². The Labute approximate surface area is 155 Å². The molecule has 6 heteroatoms. The Balaban J connectivity index is 1.77. The molecule has 1 unspecified atom stereocenters. The number of hydrogen-bond acceptors (Lipinski definition) is 4. The molecular weight excluding hydrogens is 354 g/mol. The predicted molar refractivity (Wildman–Crippen MR) is 102 cm³/mol. The zero-order valence-corrected chi connectivity index (χ0v) is 15.2. The number of carbonyl (C=O) groups is 1. The highest BCUT2D eigenvalue weighted by atomic mass is 35.5. The third kappa shape index (κ3) is 4.06. The van der Waals surface area contributed by atoms with Gasteiger partial charge in [-0.1, -0.05) is 24.6 Å². The lowest BCUT2D eigenvalue weighted by Crippen LogP contribution is -2.30. The van der Waals surface area contributed by atoms with Gasteiger partial charge in [0.05, 0.1) is 0 Å². The van der Waals surface area contributed by atoms with Gasteiger partial charge in [-0.3, -0.25) is 4.79 Å². The zero-order chi connectivity index (χ0) is 18.7. The predicted octanol–water partition coefficient (Wildman–Crippen LogP) is 4.41. The Morgan fingerprint density at radius 2 is 2.04 bits per heavy atom. The minimum absolute atomic E-state index is 0.309. The first kappa shape index (κ1) is 18.0. The first-order chi connectivity index (χ1) is 12.5. The van der Waals surface area contributed by atoms with Gasteiger partial charge in [0.2, 0.25) is 0 Å². The fourth-order valence-electron chi connectivity index (χ4n) is 2.64. The van der Waals surface area contributed by atoms with Crippen LogP contribution in [0.15, 0.2) is 57.7 Å². The van der Waals surface area contributed by atoms with Crippen molar-refractivity contribution in [1.82, 2.24) is 0 Å². The molecule has 0 spiro atoms. The van der Waals surface area contributed by atoms with Crippen LogP contribution in [-0.2, 0) is 11.2 Å². The van der Waals surface area contributed by atoms with E-state index in [0.717, 1.165) is 17.4 Å². The van der Waals surface area contributed by atoms with Gasteiger partial charge in [0.25, 0.3) is 5.91 Å². The Kier molecular flexibility index (Phi) is 5.28. The molecule has 5 nitrogen and oxygen atoms in total. The summed E-state index contributed by atoms with van der Waals surface area (Å²) >= 11 is 5.91. The van der Waals surface area contributed by atoms with Gasteiger partial charge in [-0.05, 0) is 49.2 Å². The number of rotatable bonds is 5. The summed E-state index contributed by atoms with van der Waals surface area (Å²) in [5.41, 5.74) is 1.54. The Hall–Kier alpha value is -2.79. The topological polar surface area (TPSA) is 68.5 Å². The molecule has 1 amide bonds. The standard InChI is InChI=1S/C20H18ClNO4/c1-3-13-9-19(23)26-18-11-16(7-8-17(13)18)25-12(2)20(24)22-15-6-4-5-14(21)10-15/h4-12H,3H2,1-2H3,(H,22,24). The first-order valence-corrected chi connectivity index (χ1v) is 8.64. The molecule has 0 radical (unpaired) electrons. The molecule has 3 aromatic rings. The van der Waals surface area contributed by atoms with Crippen molar-refractivity contribution in [3.8, 4) is 5.75 Å². The van der Waals surface area contributed by atoms with E-state index in [1.54, 1.807) is 43.3 Å². The van der Waals surface area contributed by atoms with Gasteiger partial charge in [-0.25, -0.2) is 4.79 Å². The second-order valence-electron chi connectivity index (χ2n) is 5.86. The number of fused-ring (bicyclic) bond motifs is 1. The molecule has 0 aliphatic rings. The third-order valence-corrected chi connectivity index (χ3v) is 4.19. The van der Waals surface area contributed by atoms with E-state index in [9.17, 15) is 9.59 Å². The molecule has 2 aromatic carbocycles. The maximum atomic E-state index is 12.3.